The first kappa shape index (κ1) is 13.5. The second-order valence-corrected chi connectivity index (χ2v) is 4.85. The van der Waals surface area contributed by atoms with Crippen LogP contribution in [0.25, 0.3) is 0 Å². The molecule has 1 saturated carbocycles. The smallest absolute Gasteiger partial charge is 0.316 e. The van der Waals surface area contributed by atoms with Gasteiger partial charge >= 0.3 is 6.18 Å². The second-order valence-electron chi connectivity index (χ2n) is 4.23. The fraction of sp³-hybridized carbons (Fsp3) is 1.00. The van der Waals surface area contributed by atoms with Gasteiger partial charge in [0.2, 0.25) is 0 Å². The zero-order valence-electron chi connectivity index (χ0n) is 8.52. The number of alkyl halides is 3. The molecule has 0 saturated heterocycles. The molecule has 5 heteroatoms. The summed E-state index contributed by atoms with van der Waals surface area (Å²) in [5, 5.41) is 0. The van der Waals surface area contributed by atoms with Crippen LogP contribution in [0, 0.1) is 11.8 Å². The van der Waals surface area contributed by atoms with E-state index in [0.717, 1.165) is 25.7 Å². The Morgan fingerprint density at radius 3 is 2.60 bits per heavy atom. The summed E-state index contributed by atoms with van der Waals surface area (Å²) in [5.41, 5.74) is 0. The molecule has 0 spiro atoms. The van der Waals surface area contributed by atoms with Gasteiger partial charge in [0.25, 0.3) is 0 Å². The maximum Gasteiger partial charge on any atom is 0.391 e. The van der Waals surface area contributed by atoms with Crippen LogP contribution in [-0.4, -0.2) is 12.8 Å². The van der Waals surface area contributed by atoms with E-state index in [1.165, 1.54) is 0 Å². The number of rotatable bonds is 4. The first-order chi connectivity index (χ1) is 7.04. The third-order valence-electron chi connectivity index (χ3n) is 3.08. The molecule has 90 valence electrons. The molecule has 15 heavy (non-hydrogen) atoms. The van der Waals surface area contributed by atoms with Crippen molar-refractivity contribution >= 4 is 23.0 Å². The van der Waals surface area contributed by atoms with E-state index < -0.39 is 12.1 Å². The summed E-state index contributed by atoms with van der Waals surface area (Å²) >= 11 is 1.82. The second kappa shape index (κ2) is 6.27. The molecule has 0 N–H and O–H groups in total. The molecule has 0 heterocycles. The lowest BCUT2D eigenvalue weighted by atomic mass is 9.79. The van der Waals surface area contributed by atoms with Gasteiger partial charge in [-0.15, -0.1) is 0 Å². The topological polar surface area (TPSA) is 9.23 Å². The van der Waals surface area contributed by atoms with E-state index in [1.807, 2.05) is 23.0 Å². The van der Waals surface area contributed by atoms with Crippen molar-refractivity contribution in [3.63, 3.8) is 0 Å². The average Bonchev–Trinajstić information content (AvgIpc) is 2.17. The van der Waals surface area contributed by atoms with Gasteiger partial charge in [-0.05, 0) is 31.6 Å². The van der Waals surface area contributed by atoms with Gasteiger partial charge in [0.1, 0.15) is 23.0 Å². The highest BCUT2D eigenvalue weighted by molar-refractivity contribution is 14.1. The first-order valence-corrected chi connectivity index (χ1v) is 6.22. The molecule has 1 aliphatic rings. The summed E-state index contributed by atoms with van der Waals surface area (Å²) < 4.78 is 42.3. The summed E-state index contributed by atoms with van der Waals surface area (Å²) in [6.07, 6.45) is 0.0769. The van der Waals surface area contributed by atoms with Crippen molar-refractivity contribution in [1.29, 1.82) is 0 Å². The highest BCUT2D eigenvalue weighted by Crippen LogP contribution is 2.41. The van der Waals surface area contributed by atoms with Crippen molar-refractivity contribution in [2.45, 2.75) is 44.7 Å². The van der Waals surface area contributed by atoms with Gasteiger partial charge in [0.05, 0.1) is 12.5 Å². The summed E-state index contributed by atoms with van der Waals surface area (Å²) in [4.78, 5) is 0. The molecule has 0 amide bonds. The van der Waals surface area contributed by atoms with Crippen LogP contribution in [0.4, 0.5) is 13.2 Å². The molecule has 0 aromatic heterocycles. The van der Waals surface area contributed by atoms with Crippen LogP contribution in [-0.2, 0) is 3.07 Å². The quantitative estimate of drug-likeness (QED) is 0.542. The lowest BCUT2D eigenvalue weighted by Crippen LogP contribution is -2.28. The van der Waals surface area contributed by atoms with Crippen molar-refractivity contribution in [1.82, 2.24) is 0 Å². The molecule has 0 aliphatic heterocycles. The predicted octanol–water partition coefficient (Wildman–Crippen LogP) is 4.50. The van der Waals surface area contributed by atoms with Gasteiger partial charge in [-0.2, -0.15) is 13.2 Å². The first-order valence-electron chi connectivity index (χ1n) is 5.34. The molecule has 2 atom stereocenters. The van der Waals surface area contributed by atoms with Gasteiger partial charge < -0.3 is 3.07 Å². The minimum absolute atomic E-state index is 0.247. The number of hydrogen-bond acceptors (Lipinski definition) is 1. The molecule has 1 fully saturated rings. The lowest BCUT2D eigenvalue weighted by molar-refractivity contribution is -0.185. The van der Waals surface area contributed by atoms with Gasteiger partial charge in [-0.25, -0.2) is 0 Å². The van der Waals surface area contributed by atoms with Crippen molar-refractivity contribution in [3.8, 4) is 0 Å². The highest BCUT2D eigenvalue weighted by Gasteiger charge is 2.41. The zero-order valence-corrected chi connectivity index (χ0v) is 10.7. The molecule has 0 bridgehead atoms. The van der Waals surface area contributed by atoms with E-state index in [-0.39, 0.29) is 5.92 Å². The van der Waals surface area contributed by atoms with E-state index in [4.69, 9.17) is 3.07 Å². The Morgan fingerprint density at radius 1 is 1.27 bits per heavy atom. The third kappa shape index (κ3) is 4.89. The highest BCUT2D eigenvalue weighted by atomic mass is 127. The van der Waals surface area contributed by atoms with E-state index in [0.29, 0.717) is 19.4 Å². The van der Waals surface area contributed by atoms with Crippen LogP contribution in [0.15, 0.2) is 0 Å². The van der Waals surface area contributed by atoms with E-state index in [1.54, 1.807) is 0 Å². The minimum Gasteiger partial charge on any atom is -0.316 e. The molecule has 1 aliphatic carbocycles. The molecular formula is C10H16F3IO. The van der Waals surface area contributed by atoms with E-state index in [2.05, 4.69) is 0 Å². The van der Waals surface area contributed by atoms with Crippen molar-refractivity contribution < 1.29 is 16.2 Å². The maximum atomic E-state index is 12.5. The van der Waals surface area contributed by atoms with E-state index >= 15 is 0 Å². The number of halogens is 4. The van der Waals surface area contributed by atoms with Gasteiger partial charge in [-0.3, -0.25) is 0 Å². The van der Waals surface area contributed by atoms with E-state index in [9.17, 15) is 13.2 Å². The Hall–Kier alpha value is 0.480. The molecule has 0 aromatic rings. The SMILES string of the molecule is FC(F)(F)C1CCCC(CCCOI)C1. The minimum atomic E-state index is -3.99. The molecule has 0 radical (unpaired) electrons. The van der Waals surface area contributed by atoms with Crippen LogP contribution >= 0.6 is 23.0 Å². The lowest BCUT2D eigenvalue weighted by Gasteiger charge is -2.30. The predicted molar refractivity (Wildman–Crippen MR) is 60.7 cm³/mol. The number of hydrogen-bond donors (Lipinski definition) is 0. The fourth-order valence-electron chi connectivity index (χ4n) is 2.28. The average molecular weight is 336 g/mol. The molecular weight excluding hydrogens is 320 g/mol. The Bertz CT molecular complexity index is 184. The molecule has 1 rings (SSSR count). The molecule has 0 aromatic carbocycles. The Morgan fingerprint density at radius 2 is 2.00 bits per heavy atom. The monoisotopic (exact) mass is 336 g/mol. The molecule has 1 nitrogen and oxygen atoms in total. The van der Waals surface area contributed by atoms with Gasteiger partial charge in [0, 0.05) is 0 Å². The van der Waals surface area contributed by atoms with Crippen molar-refractivity contribution in [2.24, 2.45) is 11.8 Å². The molecule has 2 unspecified atom stereocenters. The Balaban J connectivity index is 2.29. The normalized spacial score (nSPS) is 28.0. The van der Waals surface area contributed by atoms with Crippen LogP contribution in [0.5, 0.6) is 0 Å². The largest absolute Gasteiger partial charge is 0.391 e. The summed E-state index contributed by atoms with van der Waals surface area (Å²) in [6, 6.07) is 0. The maximum absolute atomic E-state index is 12.5. The van der Waals surface area contributed by atoms with Crippen molar-refractivity contribution in [2.75, 3.05) is 6.61 Å². The Labute approximate surface area is 102 Å². The summed E-state index contributed by atoms with van der Waals surface area (Å²) in [7, 11) is 0. The summed E-state index contributed by atoms with van der Waals surface area (Å²) in [6.45, 7) is 0.647. The summed E-state index contributed by atoms with van der Waals surface area (Å²) in [5.74, 6) is -0.811. The van der Waals surface area contributed by atoms with Crippen LogP contribution in [0.2, 0.25) is 0 Å². The third-order valence-corrected chi connectivity index (χ3v) is 3.52. The van der Waals surface area contributed by atoms with Crippen molar-refractivity contribution in [3.05, 3.63) is 0 Å². The van der Waals surface area contributed by atoms with Gasteiger partial charge in [-0.1, -0.05) is 12.8 Å². The zero-order chi connectivity index (χ0) is 11.3. The van der Waals surface area contributed by atoms with Crippen LogP contribution in [0.3, 0.4) is 0 Å². The van der Waals surface area contributed by atoms with Crippen LogP contribution in [0.1, 0.15) is 38.5 Å². The standard InChI is InChI=1S/C10H16F3IO/c11-10(12,13)9-5-1-3-8(7-9)4-2-6-15-14/h8-9H,1-7H2. The van der Waals surface area contributed by atoms with Gasteiger partial charge in [0.15, 0.2) is 0 Å². The van der Waals surface area contributed by atoms with Crippen LogP contribution < -0.4 is 0 Å². The Kier molecular flexibility index (Phi) is 5.66. The fourth-order valence-corrected chi connectivity index (χ4v) is 2.59.